The van der Waals surface area contributed by atoms with Crippen molar-refractivity contribution in [1.82, 2.24) is 0 Å². The number of benzene rings is 1. The second kappa shape index (κ2) is 5.25. The van der Waals surface area contributed by atoms with Crippen molar-refractivity contribution in [2.75, 3.05) is 5.32 Å². The average molecular weight is 245 g/mol. The van der Waals surface area contributed by atoms with Crippen molar-refractivity contribution in [2.45, 2.75) is 32.8 Å². The van der Waals surface area contributed by atoms with Gasteiger partial charge in [0.05, 0.1) is 0 Å². The van der Waals surface area contributed by atoms with Gasteiger partial charge in [0.2, 0.25) is 0 Å². The number of carbonyl (C=O) groups excluding carboxylic acids is 1. The smallest absolute Gasteiger partial charge is 0.412 e. The first-order valence-corrected chi connectivity index (χ1v) is 6.27. The third kappa shape index (κ3) is 3.62. The lowest BCUT2D eigenvalue weighted by molar-refractivity contribution is 0.117. The van der Waals surface area contributed by atoms with E-state index in [1.165, 1.54) is 0 Å². The Morgan fingerprint density at radius 3 is 2.67 bits per heavy atom. The normalized spacial score (nSPS) is 21.3. The Bertz CT molecular complexity index is 437. The van der Waals surface area contributed by atoms with Crippen LogP contribution in [0, 0.1) is 5.41 Å². The Labute approximate surface area is 108 Å². The first-order chi connectivity index (χ1) is 8.55. The molecule has 0 bridgehead atoms. The fourth-order valence-corrected chi connectivity index (χ4v) is 1.97. The van der Waals surface area contributed by atoms with Gasteiger partial charge in [-0.05, 0) is 36.5 Å². The minimum absolute atomic E-state index is 0.110. The maximum absolute atomic E-state index is 11.7. The Hall–Kier alpha value is -1.77. The number of hydrogen-bond donors (Lipinski definition) is 1. The van der Waals surface area contributed by atoms with E-state index in [1.807, 2.05) is 36.4 Å². The number of amides is 1. The van der Waals surface area contributed by atoms with Gasteiger partial charge in [-0.1, -0.05) is 38.1 Å². The standard InChI is InChI=1S/C15H19NO2/c1-15(2)10-8-13(9-11-15)18-14(17)16-12-6-4-3-5-7-12/h3-8,10,13H,9,11H2,1-2H3,(H,16,17)/t13-/m0/s1. The van der Waals surface area contributed by atoms with Crippen molar-refractivity contribution in [2.24, 2.45) is 5.41 Å². The van der Waals surface area contributed by atoms with E-state index in [1.54, 1.807) is 0 Å². The number of allylic oxidation sites excluding steroid dienone is 1. The van der Waals surface area contributed by atoms with Crippen LogP contribution in [-0.2, 0) is 4.74 Å². The van der Waals surface area contributed by atoms with Crippen molar-refractivity contribution in [3.63, 3.8) is 0 Å². The molecule has 3 heteroatoms. The molecule has 0 fully saturated rings. The van der Waals surface area contributed by atoms with Crippen LogP contribution in [0.25, 0.3) is 0 Å². The monoisotopic (exact) mass is 245 g/mol. The Balaban J connectivity index is 1.86. The van der Waals surface area contributed by atoms with Gasteiger partial charge in [0.25, 0.3) is 0 Å². The Kier molecular flexibility index (Phi) is 3.70. The molecule has 0 saturated carbocycles. The third-order valence-corrected chi connectivity index (χ3v) is 3.11. The van der Waals surface area contributed by atoms with Crippen molar-refractivity contribution in [3.8, 4) is 0 Å². The highest BCUT2D eigenvalue weighted by molar-refractivity contribution is 5.84. The molecule has 0 spiro atoms. The number of para-hydroxylation sites is 1. The summed E-state index contributed by atoms with van der Waals surface area (Å²) in [5.74, 6) is 0. The van der Waals surface area contributed by atoms with E-state index in [0.29, 0.717) is 0 Å². The van der Waals surface area contributed by atoms with E-state index >= 15 is 0 Å². The fraction of sp³-hybridized carbons (Fsp3) is 0.400. The van der Waals surface area contributed by atoms with Crippen LogP contribution < -0.4 is 5.32 Å². The quantitative estimate of drug-likeness (QED) is 0.800. The summed E-state index contributed by atoms with van der Waals surface area (Å²) in [5, 5.41) is 2.71. The number of ether oxygens (including phenoxy) is 1. The molecular formula is C15H19NO2. The van der Waals surface area contributed by atoms with Gasteiger partial charge in [-0.2, -0.15) is 0 Å². The number of hydrogen-bond acceptors (Lipinski definition) is 2. The lowest BCUT2D eigenvalue weighted by Gasteiger charge is -2.28. The minimum atomic E-state index is -0.393. The van der Waals surface area contributed by atoms with Crippen LogP contribution in [0.15, 0.2) is 42.5 Å². The lowest BCUT2D eigenvalue weighted by atomic mass is 9.82. The molecule has 1 aromatic carbocycles. The maximum atomic E-state index is 11.7. The Morgan fingerprint density at radius 2 is 2.06 bits per heavy atom. The van der Waals surface area contributed by atoms with Gasteiger partial charge in [-0.3, -0.25) is 5.32 Å². The van der Waals surface area contributed by atoms with Crippen molar-refractivity contribution >= 4 is 11.8 Å². The zero-order valence-corrected chi connectivity index (χ0v) is 10.8. The molecule has 0 aromatic heterocycles. The summed E-state index contributed by atoms with van der Waals surface area (Å²) in [6.45, 7) is 4.37. The molecule has 1 atom stereocenters. The summed E-state index contributed by atoms with van der Waals surface area (Å²) >= 11 is 0. The van der Waals surface area contributed by atoms with E-state index in [9.17, 15) is 4.79 Å². The highest BCUT2D eigenvalue weighted by Crippen LogP contribution is 2.30. The zero-order chi connectivity index (χ0) is 13.0. The predicted octanol–water partition coefficient (Wildman–Crippen LogP) is 3.98. The van der Waals surface area contributed by atoms with Crippen molar-refractivity contribution < 1.29 is 9.53 Å². The third-order valence-electron chi connectivity index (χ3n) is 3.11. The van der Waals surface area contributed by atoms with Crippen molar-refractivity contribution in [1.29, 1.82) is 0 Å². The van der Waals surface area contributed by atoms with Crippen LogP contribution in [0.3, 0.4) is 0 Å². The Morgan fingerprint density at radius 1 is 1.33 bits per heavy atom. The van der Waals surface area contributed by atoms with Crippen LogP contribution in [0.5, 0.6) is 0 Å². The highest BCUT2D eigenvalue weighted by Gasteiger charge is 2.23. The SMILES string of the molecule is CC1(C)C=C[C@H](OC(=O)Nc2ccccc2)CC1. The van der Waals surface area contributed by atoms with Gasteiger partial charge in [0.15, 0.2) is 0 Å². The van der Waals surface area contributed by atoms with E-state index in [-0.39, 0.29) is 11.5 Å². The fourth-order valence-electron chi connectivity index (χ4n) is 1.97. The summed E-state index contributed by atoms with van der Waals surface area (Å²) < 4.78 is 5.35. The molecule has 1 aromatic rings. The van der Waals surface area contributed by atoms with E-state index in [0.717, 1.165) is 18.5 Å². The van der Waals surface area contributed by atoms with Crippen LogP contribution in [0.4, 0.5) is 10.5 Å². The van der Waals surface area contributed by atoms with Gasteiger partial charge in [0.1, 0.15) is 6.10 Å². The second-order valence-electron chi connectivity index (χ2n) is 5.32. The lowest BCUT2D eigenvalue weighted by Crippen LogP contribution is -2.26. The largest absolute Gasteiger partial charge is 0.442 e. The number of nitrogens with one attached hydrogen (secondary N) is 1. The summed E-state index contributed by atoms with van der Waals surface area (Å²) in [7, 11) is 0. The molecule has 3 nitrogen and oxygen atoms in total. The summed E-state index contributed by atoms with van der Waals surface area (Å²) in [6, 6.07) is 9.32. The van der Waals surface area contributed by atoms with Crippen LogP contribution in [0.2, 0.25) is 0 Å². The number of anilines is 1. The van der Waals surface area contributed by atoms with E-state index in [4.69, 9.17) is 4.74 Å². The molecule has 0 radical (unpaired) electrons. The zero-order valence-electron chi connectivity index (χ0n) is 10.8. The molecule has 96 valence electrons. The second-order valence-corrected chi connectivity index (χ2v) is 5.32. The molecular weight excluding hydrogens is 226 g/mol. The number of rotatable bonds is 2. The first kappa shape index (κ1) is 12.7. The van der Waals surface area contributed by atoms with Gasteiger partial charge in [-0.25, -0.2) is 4.79 Å². The van der Waals surface area contributed by atoms with Crippen LogP contribution in [0.1, 0.15) is 26.7 Å². The van der Waals surface area contributed by atoms with Gasteiger partial charge < -0.3 is 4.74 Å². The molecule has 0 unspecified atom stereocenters. The highest BCUT2D eigenvalue weighted by atomic mass is 16.6. The van der Waals surface area contributed by atoms with Gasteiger partial charge >= 0.3 is 6.09 Å². The summed E-state index contributed by atoms with van der Waals surface area (Å²) in [5.41, 5.74) is 0.970. The summed E-state index contributed by atoms with van der Waals surface area (Å²) in [6.07, 6.45) is 5.51. The van der Waals surface area contributed by atoms with Gasteiger partial charge in [-0.15, -0.1) is 0 Å². The van der Waals surface area contributed by atoms with Gasteiger partial charge in [0, 0.05) is 5.69 Å². The van der Waals surface area contributed by atoms with E-state index in [2.05, 4.69) is 25.2 Å². The minimum Gasteiger partial charge on any atom is -0.442 e. The first-order valence-electron chi connectivity index (χ1n) is 6.27. The maximum Gasteiger partial charge on any atom is 0.412 e. The average Bonchev–Trinajstić information content (AvgIpc) is 2.33. The molecule has 1 amide bonds. The molecule has 0 heterocycles. The molecule has 1 aliphatic rings. The number of carbonyl (C=O) groups is 1. The molecule has 0 saturated heterocycles. The van der Waals surface area contributed by atoms with E-state index < -0.39 is 6.09 Å². The molecule has 1 N–H and O–H groups in total. The molecule has 0 aliphatic heterocycles. The molecule has 18 heavy (non-hydrogen) atoms. The van der Waals surface area contributed by atoms with Crippen LogP contribution in [-0.4, -0.2) is 12.2 Å². The topological polar surface area (TPSA) is 38.3 Å². The molecule has 2 rings (SSSR count). The summed E-state index contributed by atoms with van der Waals surface area (Å²) in [4.78, 5) is 11.7. The van der Waals surface area contributed by atoms with Crippen LogP contribution >= 0.6 is 0 Å². The molecule has 1 aliphatic carbocycles. The predicted molar refractivity (Wildman–Crippen MR) is 72.5 cm³/mol. The van der Waals surface area contributed by atoms with Crippen molar-refractivity contribution in [3.05, 3.63) is 42.5 Å².